The Bertz CT molecular complexity index is 998. The molecule has 2 aromatic heterocycles. The second kappa shape index (κ2) is 7.54. The zero-order chi connectivity index (χ0) is 19.6. The minimum atomic E-state index is -0.765. The van der Waals surface area contributed by atoms with Gasteiger partial charge in [0.05, 0.1) is 11.5 Å². The molecule has 0 bridgehead atoms. The Hall–Kier alpha value is -3.27. The van der Waals surface area contributed by atoms with E-state index in [0.29, 0.717) is 17.3 Å². The van der Waals surface area contributed by atoms with E-state index in [1.165, 1.54) is 17.9 Å². The van der Waals surface area contributed by atoms with Crippen molar-refractivity contribution in [3.8, 4) is 0 Å². The Labute approximate surface area is 158 Å². The van der Waals surface area contributed by atoms with E-state index >= 15 is 0 Å². The van der Waals surface area contributed by atoms with Crippen LogP contribution in [0.15, 0.2) is 36.8 Å². The Morgan fingerprint density at radius 2 is 2.22 bits per heavy atom. The monoisotopic (exact) mass is 389 g/mol. The van der Waals surface area contributed by atoms with Crippen molar-refractivity contribution in [1.82, 2.24) is 24.5 Å². The van der Waals surface area contributed by atoms with Crippen molar-refractivity contribution in [2.75, 3.05) is 5.32 Å². The van der Waals surface area contributed by atoms with Crippen LogP contribution < -0.4 is 5.32 Å². The second-order valence-corrected chi connectivity index (χ2v) is 6.31. The SMILES string of the molecule is Cc1c([N+](=O)[O-])cnn1C(C)C(=O)Nc1ncn(Cc2cccc(Cl)c2)n1. The van der Waals surface area contributed by atoms with Crippen LogP contribution in [-0.4, -0.2) is 35.4 Å². The van der Waals surface area contributed by atoms with Crippen molar-refractivity contribution >= 4 is 29.1 Å². The van der Waals surface area contributed by atoms with Crippen molar-refractivity contribution in [3.05, 3.63) is 63.2 Å². The molecule has 140 valence electrons. The number of hydrogen-bond donors (Lipinski definition) is 1. The highest BCUT2D eigenvalue weighted by molar-refractivity contribution is 6.30. The van der Waals surface area contributed by atoms with Gasteiger partial charge in [-0.2, -0.15) is 5.10 Å². The summed E-state index contributed by atoms with van der Waals surface area (Å²) in [5.74, 6) is -0.301. The lowest BCUT2D eigenvalue weighted by Crippen LogP contribution is -2.25. The maximum Gasteiger partial charge on any atom is 0.309 e. The molecular formula is C16H16ClN7O3. The van der Waals surface area contributed by atoms with E-state index in [9.17, 15) is 14.9 Å². The average Bonchev–Trinajstić information content (AvgIpc) is 3.20. The highest BCUT2D eigenvalue weighted by Crippen LogP contribution is 2.20. The second-order valence-electron chi connectivity index (χ2n) is 5.88. The molecule has 1 unspecified atom stereocenters. The van der Waals surface area contributed by atoms with Crippen LogP contribution in [0.5, 0.6) is 0 Å². The van der Waals surface area contributed by atoms with Gasteiger partial charge in [-0.3, -0.25) is 24.9 Å². The van der Waals surface area contributed by atoms with Crippen LogP contribution in [0, 0.1) is 17.0 Å². The number of halogens is 1. The van der Waals surface area contributed by atoms with E-state index < -0.39 is 16.9 Å². The molecule has 0 aliphatic heterocycles. The molecule has 27 heavy (non-hydrogen) atoms. The van der Waals surface area contributed by atoms with Gasteiger partial charge in [0.1, 0.15) is 24.3 Å². The smallest absolute Gasteiger partial charge is 0.291 e. The number of carbonyl (C=O) groups is 1. The summed E-state index contributed by atoms with van der Waals surface area (Å²) in [6, 6.07) is 6.57. The summed E-state index contributed by atoms with van der Waals surface area (Å²) in [5.41, 5.74) is 1.10. The normalized spacial score (nSPS) is 12.0. The van der Waals surface area contributed by atoms with Crippen molar-refractivity contribution < 1.29 is 9.72 Å². The zero-order valence-corrected chi connectivity index (χ0v) is 15.3. The van der Waals surface area contributed by atoms with Gasteiger partial charge in [-0.25, -0.2) is 9.67 Å². The number of nitrogens with one attached hydrogen (secondary N) is 1. The van der Waals surface area contributed by atoms with Crippen LogP contribution in [0.2, 0.25) is 5.02 Å². The van der Waals surface area contributed by atoms with Crippen LogP contribution in [0.1, 0.15) is 24.2 Å². The molecule has 1 N–H and O–H groups in total. The summed E-state index contributed by atoms with van der Waals surface area (Å²) in [4.78, 5) is 26.8. The van der Waals surface area contributed by atoms with Crippen LogP contribution in [-0.2, 0) is 11.3 Å². The quantitative estimate of drug-likeness (QED) is 0.511. The zero-order valence-electron chi connectivity index (χ0n) is 14.5. The fourth-order valence-corrected chi connectivity index (χ4v) is 2.77. The van der Waals surface area contributed by atoms with Gasteiger partial charge >= 0.3 is 5.69 Å². The molecule has 10 nitrogen and oxygen atoms in total. The molecule has 0 radical (unpaired) electrons. The summed E-state index contributed by atoms with van der Waals surface area (Å²) < 4.78 is 2.85. The van der Waals surface area contributed by atoms with Crippen LogP contribution in [0.3, 0.4) is 0 Å². The van der Waals surface area contributed by atoms with Crippen LogP contribution in [0.25, 0.3) is 0 Å². The number of benzene rings is 1. The van der Waals surface area contributed by atoms with Crippen LogP contribution >= 0.6 is 11.6 Å². The minimum absolute atomic E-state index is 0.133. The molecule has 1 atom stereocenters. The standard InChI is InChI=1S/C16H16ClN7O3/c1-10-14(24(26)27)7-19-23(10)11(2)15(25)20-16-18-9-22(21-16)8-12-4-3-5-13(17)6-12/h3-7,9,11H,8H2,1-2H3,(H,20,21,25). The van der Waals surface area contributed by atoms with Gasteiger partial charge in [0.25, 0.3) is 5.91 Å². The third-order valence-electron chi connectivity index (χ3n) is 3.97. The van der Waals surface area contributed by atoms with Crippen molar-refractivity contribution in [2.45, 2.75) is 26.4 Å². The topological polar surface area (TPSA) is 121 Å². The first kappa shape index (κ1) is 18.5. The van der Waals surface area contributed by atoms with E-state index in [1.807, 2.05) is 18.2 Å². The molecule has 0 saturated heterocycles. The van der Waals surface area contributed by atoms with E-state index in [2.05, 4.69) is 20.5 Å². The lowest BCUT2D eigenvalue weighted by molar-refractivity contribution is -0.385. The molecule has 0 saturated carbocycles. The van der Waals surface area contributed by atoms with Gasteiger partial charge in [0.15, 0.2) is 0 Å². The van der Waals surface area contributed by atoms with Crippen molar-refractivity contribution in [1.29, 1.82) is 0 Å². The number of aromatic nitrogens is 5. The third-order valence-corrected chi connectivity index (χ3v) is 4.20. The first-order valence-electron chi connectivity index (χ1n) is 7.98. The predicted molar refractivity (Wildman–Crippen MR) is 97.5 cm³/mol. The average molecular weight is 390 g/mol. The molecule has 2 heterocycles. The molecule has 11 heteroatoms. The Balaban J connectivity index is 1.68. The summed E-state index contributed by atoms with van der Waals surface area (Å²) >= 11 is 5.96. The maximum atomic E-state index is 12.4. The van der Waals surface area contributed by atoms with E-state index in [-0.39, 0.29) is 11.6 Å². The number of hydrogen-bond acceptors (Lipinski definition) is 6. The fourth-order valence-electron chi connectivity index (χ4n) is 2.56. The number of nitrogens with zero attached hydrogens (tertiary/aromatic N) is 6. The summed E-state index contributed by atoms with van der Waals surface area (Å²) in [6.45, 7) is 3.57. The molecule has 0 spiro atoms. The van der Waals surface area contributed by atoms with Crippen molar-refractivity contribution in [2.24, 2.45) is 0 Å². The summed E-state index contributed by atoms with van der Waals surface area (Å²) in [7, 11) is 0. The molecular weight excluding hydrogens is 374 g/mol. The van der Waals surface area contributed by atoms with Crippen LogP contribution in [0.4, 0.5) is 11.6 Å². The van der Waals surface area contributed by atoms with Gasteiger partial charge < -0.3 is 0 Å². The maximum absolute atomic E-state index is 12.4. The Morgan fingerprint density at radius 1 is 1.44 bits per heavy atom. The minimum Gasteiger partial charge on any atom is -0.291 e. The number of carbonyl (C=O) groups excluding carboxylic acids is 1. The van der Waals surface area contributed by atoms with Gasteiger partial charge in [-0.15, -0.1) is 5.10 Å². The number of amides is 1. The molecule has 3 rings (SSSR count). The highest BCUT2D eigenvalue weighted by Gasteiger charge is 2.24. The van der Waals surface area contributed by atoms with E-state index in [1.54, 1.807) is 17.7 Å². The Kier molecular flexibility index (Phi) is 5.17. The van der Waals surface area contributed by atoms with Gasteiger partial charge in [-0.1, -0.05) is 23.7 Å². The number of rotatable bonds is 6. The van der Waals surface area contributed by atoms with Gasteiger partial charge in [0.2, 0.25) is 5.95 Å². The number of anilines is 1. The molecule has 0 fully saturated rings. The summed E-state index contributed by atoms with van der Waals surface area (Å²) in [6.07, 6.45) is 2.61. The van der Waals surface area contributed by atoms with Crippen molar-refractivity contribution in [3.63, 3.8) is 0 Å². The summed E-state index contributed by atoms with van der Waals surface area (Å²) in [5, 5.41) is 22.2. The molecule has 1 aromatic carbocycles. The largest absolute Gasteiger partial charge is 0.309 e. The fraction of sp³-hybridized carbons (Fsp3) is 0.250. The first-order valence-corrected chi connectivity index (χ1v) is 8.36. The lowest BCUT2D eigenvalue weighted by Gasteiger charge is -2.12. The first-order chi connectivity index (χ1) is 12.8. The molecule has 1 amide bonds. The van der Waals surface area contributed by atoms with E-state index in [0.717, 1.165) is 11.8 Å². The highest BCUT2D eigenvalue weighted by atomic mass is 35.5. The Morgan fingerprint density at radius 3 is 2.89 bits per heavy atom. The predicted octanol–water partition coefficient (Wildman–Crippen LogP) is 2.59. The molecule has 0 aliphatic carbocycles. The lowest BCUT2D eigenvalue weighted by atomic mass is 10.2. The van der Waals surface area contributed by atoms with E-state index in [4.69, 9.17) is 11.6 Å². The van der Waals surface area contributed by atoms with Gasteiger partial charge in [-0.05, 0) is 31.5 Å². The molecule has 0 aliphatic rings. The molecule has 3 aromatic rings. The number of nitro groups is 1. The third kappa shape index (κ3) is 4.11. The van der Waals surface area contributed by atoms with Gasteiger partial charge in [0, 0.05) is 5.02 Å².